The van der Waals surface area contributed by atoms with E-state index in [-0.39, 0.29) is 11.6 Å². The van der Waals surface area contributed by atoms with E-state index in [4.69, 9.17) is 32.8 Å². The van der Waals surface area contributed by atoms with E-state index >= 15 is 0 Å². The van der Waals surface area contributed by atoms with E-state index in [1.807, 2.05) is 24.3 Å². The van der Waals surface area contributed by atoms with Crippen molar-refractivity contribution in [1.29, 1.82) is 0 Å². The van der Waals surface area contributed by atoms with Crippen LogP contribution in [0.25, 0.3) is 0 Å². The maximum atomic E-state index is 11.6. The van der Waals surface area contributed by atoms with E-state index in [0.717, 1.165) is 60.2 Å². The highest BCUT2D eigenvalue weighted by atomic mass is 79.9. The van der Waals surface area contributed by atoms with Gasteiger partial charge in [-0.1, -0.05) is 40.5 Å². The SMILES string of the molecule is COC(=O)c1ccc(C2=NOC3(CCN(Cc4cc(Cl)c(Cl)c(Br)c4)CC3)C2)cc1. The summed E-state index contributed by atoms with van der Waals surface area (Å²) >= 11 is 15.8. The van der Waals surface area contributed by atoms with Crippen LogP contribution >= 0.6 is 39.1 Å². The summed E-state index contributed by atoms with van der Waals surface area (Å²) in [6, 6.07) is 11.2. The van der Waals surface area contributed by atoms with Gasteiger partial charge in [-0.15, -0.1) is 0 Å². The number of likely N-dealkylation sites (tertiary alicyclic amines) is 1. The van der Waals surface area contributed by atoms with Crippen LogP contribution in [0.5, 0.6) is 0 Å². The standard InChI is InChI=1S/C22H21BrCl2N2O3/c1-29-21(28)16-4-2-15(3-5-16)19-12-22(30-26-19)6-8-27(9-7-22)13-14-10-17(23)20(25)18(24)11-14/h2-5,10-11H,6-9,12-13H2,1H3. The lowest BCUT2D eigenvalue weighted by Gasteiger charge is -2.37. The number of methoxy groups -OCH3 is 1. The highest BCUT2D eigenvalue weighted by Crippen LogP contribution is 2.37. The number of ether oxygens (including phenoxy) is 1. The molecule has 0 N–H and O–H groups in total. The Hall–Kier alpha value is -1.60. The molecule has 4 rings (SSSR count). The van der Waals surface area contributed by atoms with E-state index in [2.05, 4.69) is 26.0 Å². The highest BCUT2D eigenvalue weighted by molar-refractivity contribution is 9.10. The van der Waals surface area contributed by atoms with E-state index in [0.29, 0.717) is 15.6 Å². The molecule has 0 amide bonds. The number of carbonyl (C=O) groups is 1. The third kappa shape index (κ3) is 4.52. The number of hydrogen-bond acceptors (Lipinski definition) is 5. The molecule has 0 bridgehead atoms. The molecule has 0 saturated carbocycles. The summed E-state index contributed by atoms with van der Waals surface area (Å²) in [6.07, 6.45) is 2.59. The Labute approximate surface area is 194 Å². The van der Waals surface area contributed by atoms with Gasteiger partial charge >= 0.3 is 5.97 Å². The van der Waals surface area contributed by atoms with Crippen LogP contribution < -0.4 is 0 Å². The topological polar surface area (TPSA) is 51.1 Å². The average molecular weight is 512 g/mol. The quantitative estimate of drug-likeness (QED) is 0.390. The molecule has 2 aromatic rings. The first-order valence-electron chi connectivity index (χ1n) is 9.69. The first-order chi connectivity index (χ1) is 14.4. The van der Waals surface area contributed by atoms with Crippen molar-refractivity contribution in [3.8, 4) is 0 Å². The zero-order valence-electron chi connectivity index (χ0n) is 16.5. The van der Waals surface area contributed by atoms with Gasteiger partial charge < -0.3 is 9.57 Å². The Balaban J connectivity index is 1.35. The van der Waals surface area contributed by atoms with Crippen LogP contribution in [-0.2, 0) is 16.1 Å². The second-order valence-corrected chi connectivity index (χ2v) is 9.35. The predicted octanol–water partition coefficient (Wildman–Crippen LogP) is 5.70. The summed E-state index contributed by atoms with van der Waals surface area (Å²) in [5, 5.41) is 5.47. The molecular weight excluding hydrogens is 491 g/mol. The van der Waals surface area contributed by atoms with Crippen molar-refractivity contribution < 1.29 is 14.4 Å². The van der Waals surface area contributed by atoms with Crippen LogP contribution in [0.3, 0.4) is 0 Å². The minimum absolute atomic E-state index is 0.245. The summed E-state index contributed by atoms with van der Waals surface area (Å²) in [5.41, 5.74) is 3.31. The largest absolute Gasteiger partial charge is 0.465 e. The molecule has 2 heterocycles. The molecule has 2 aliphatic heterocycles. The van der Waals surface area contributed by atoms with Crippen LogP contribution in [0.2, 0.25) is 10.0 Å². The number of oxime groups is 1. The molecule has 1 spiro atoms. The fourth-order valence-corrected chi connectivity index (χ4v) is 4.91. The van der Waals surface area contributed by atoms with Gasteiger partial charge in [-0.2, -0.15) is 0 Å². The summed E-state index contributed by atoms with van der Waals surface area (Å²) in [7, 11) is 1.38. The van der Waals surface area contributed by atoms with Crippen LogP contribution in [0.4, 0.5) is 0 Å². The van der Waals surface area contributed by atoms with Crippen molar-refractivity contribution in [2.24, 2.45) is 5.16 Å². The summed E-state index contributed by atoms with van der Waals surface area (Å²) < 4.78 is 5.56. The Morgan fingerprint density at radius 3 is 2.57 bits per heavy atom. The van der Waals surface area contributed by atoms with Gasteiger partial charge in [0.1, 0.15) is 5.60 Å². The fraction of sp³-hybridized carbons (Fsp3) is 0.364. The zero-order chi connectivity index (χ0) is 21.3. The van der Waals surface area contributed by atoms with Gasteiger partial charge in [0.25, 0.3) is 0 Å². The van der Waals surface area contributed by atoms with Gasteiger partial charge in [0.05, 0.1) is 28.4 Å². The van der Waals surface area contributed by atoms with Crippen molar-refractivity contribution in [2.45, 2.75) is 31.4 Å². The van der Waals surface area contributed by atoms with E-state index in [1.54, 1.807) is 12.1 Å². The van der Waals surface area contributed by atoms with Crippen LogP contribution in [0.1, 0.15) is 40.7 Å². The summed E-state index contributed by atoms with van der Waals surface area (Å²) in [4.78, 5) is 19.9. The molecule has 0 unspecified atom stereocenters. The van der Waals surface area contributed by atoms with Crippen molar-refractivity contribution in [3.63, 3.8) is 0 Å². The number of halogens is 3. The number of benzene rings is 2. The molecule has 1 fully saturated rings. The molecule has 2 aliphatic rings. The summed E-state index contributed by atoms with van der Waals surface area (Å²) in [6.45, 7) is 2.65. The van der Waals surface area contributed by atoms with Gasteiger partial charge in [0, 0.05) is 43.4 Å². The zero-order valence-corrected chi connectivity index (χ0v) is 19.6. The monoisotopic (exact) mass is 510 g/mol. The molecule has 0 aromatic heterocycles. The summed E-state index contributed by atoms with van der Waals surface area (Å²) in [5.74, 6) is -0.344. The number of hydrogen-bond donors (Lipinski definition) is 0. The molecule has 1 saturated heterocycles. The van der Waals surface area contributed by atoms with E-state index < -0.39 is 0 Å². The average Bonchev–Trinajstić information content (AvgIpc) is 3.17. The Bertz CT molecular complexity index is 963. The molecule has 5 nitrogen and oxygen atoms in total. The Morgan fingerprint density at radius 1 is 1.23 bits per heavy atom. The van der Waals surface area contributed by atoms with Gasteiger partial charge in [0.15, 0.2) is 0 Å². The maximum Gasteiger partial charge on any atom is 0.337 e. The second kappa shape index (κ2) is 8.87. The highest BCUT2D eigenvalue weighted by Gasteiger charge is 2.42. The molecule has 0 atom stereocenters. The fourth-order valence-electron chi connectivity index (χ4n) is 3.94. The third-order valence-corrected chi connectivity index (χ3v) is 7.35. The lowest BCUT2D eigenvalue weighted by atomic mass is 9.85. The third-order valence-electron chi connectivity index (χ3n) is 5.70. The lowest BCUT2D eigenvalue weighted by Crippen LogP contribution is -2.44. The predicted molar refractivity (Wildman–Crippen MR) is 121 cm³/mol. The molecule has 8 heteroatoms. The molecular formula is C22H21BrCl2N2O3. The smallest absolute Gasteiger partial charge is 0.337 e. The van der Waals surface area contributed by atoms with Crippen LogP contribution in [0, 0.1) is 0 Å². The van der Waals surface area contributed by atoms with Crippen molar-refractivity contribution in [2.75, 3.05) is 20.2 Å². The van der Waals surface area contributed by atoms with Gasteiger partial charge in [0.2, 0.25) is 0 Å². The number of piperidine rings is 1. The van der Waals surface area contributed by atoms with Gasteiger partial charge in [-0.05, 0) is 51.3 Å². The van der Waals surface area contributed by atoms with Gasteiger partial charge in [-0.3, -0.25) is 4.90 Å². The molecule has 0 aliphatic carbocycles. The van der Waals surface area contributed by atoms with Crippen LogP contribution in [-0.4, -0.2) is 42.4 Å². The number of carbonyl (C=O) groups excluding carboxylic acids is 1. The van der Waals surface area contributed by atoms with Gasteiger partial charge in [-0.25, -0.2) is 4.79 Å². The van der Waals surface area contributed by atoms with E-state index in [1.165, 1.54) is 7.11 Å². The van der Waals surface area contributed by atoms with Crippen LogP contribution in [0.15, 0.2) is 46.0 Å². The molecule has 0 radical (unpaired) electrons. The number of esters is 1. The lowest BCUT2D eigenvalue weighted by molar-refractivity contribution is -0.0627. The molecule has 30 heavy (non-hydrogen) atoms. The van der Waals surface area contributed by atoms with Crippen molar-refractivity contribution in [3.05, 3.63) is 67.6 Å². The maximum absolute atomic E-state index is 11.6. The minimum Gasteiger partial charge on any atom is -0.465 e. The number of nitrogens with zero attached hydrogens (tertiary/aromatic N) is 2. The minimum atomic E-state index is -0.344. The Kier molecular flexibility index (Phi) is 6.39. The van der Waals surface area contributed by atoms with Crippen molar-refractivity contribution in [1.82, 2.24) is 4.90 Å². The first kappa shape index (κ1) is 21.6. The second-order valence-electron chi connectivity index (χ2n) is 7.71. The van der Waals surface area contributed by atoms with E-state index in [9.17, 15) is 4.79 Å². The first-order valence-corrected chi connectivity index (χ1v) is 11.2. The normalized spacial score (nSPS) is 18.2. The number of rotatable bonds is 4. The van der Waals surface area contributed by atoms with Crippen molar-refractivity contribution >= 4 is 50.8 Å². The Morgan fingerprint density at radius 2 is 1.93 bits per heavy atom. The molecule has 158 valence electrons. The molecule has 2 aromatic carbocycles.